The fraction of sp³-hybridized carbons (Fsp3) is 1.00. The van der Waals surface area contributed by atoms with Gasteiger partial charge in [0.1, 0.15) is 0 Å². The predicted molar refractivity (Wildman–Crippen MR) is 73.4 cm³/mol. The van der Waals surface area contributed by atoms with Crippen LogP contribution >= 0.6 is 0 Å². The van der Waals surface area contributed by atoms with Crippen molar-refractivity contribution in [3.63, 3.8) is 0 Å². The average molecular weight is 239 g/mol. The number of nitrogens with one attached hydrogen (secondary N) is 1. The first-order valence-corrected chi connectivity index (χ1v) is 7.38. The zero-order chi connectivity index (χ0) is 12.1. The molecule has 17 heavy (non-hydrogen) atoms. The summed E-state index contributed by atoms with van der Waals surface area (Å²) >= 11 is 0. The van der Waals surface area contributed by atoms with E-state index < -0.39 is 0 Å². The molecule has 1 saturated heterocycles. The third kappa shape index (κ3) is 4.23. The van der Waals surface area contributed by atoms with Crippen molar-refractivity contribution in [3.8, 4) is 0 Å². The second kappa shape index (κ2) is 6.72. The van der Waals surface area contributed by atoms with Crippen LogP contribution in [0.2, 0.25) is 0 Å². The van der Waals surface area contributed by atoms with Crippen molar-refractivity contribution < 1.29 is 0 Å². The van der Waals surface area contributed by atoms with E-state index in [1.807, 2.05) is 0 Å². The predicted octanol–water partition coefficient (Wildman–Crippen LogP) is 1.54. The van der Waals surface area contributed by atoms with Gasteiger partial charge in [0.2, 0.25) is 0 Å². The van der Waals surface area contributed by atoms with Crippen molar-refractivity contribution in [2.24, 2.45) is 0 Å². The maximum atomic E-state index is 3.73. The van der Waals surface area contributed by atoms with Gasteiger partial charge >= 0.3 is 0 Å². The van der Waals surface area contributed by atoms with Gasteiger partial charge in [-0.15, -0.1) is 0 Å². The fourth-order valence-electron chi connectivity index (χ4n) is 3.36. The van der Waals surface area contributed by atoms with Gasteiger partial charge in [0, 0.05) is 31.7 Å². The minimum absolute atomic E-state index is 0.801. The number of nitrogens with zero attached hydrogens (tertiary/aromatic N) is 2. The molecule has 3 nitrogen and oxygen atoms in total. The third-order valence-corrected chi connectivity index (χ3v) is 4.26. The van der Waals surface area contributed by atoms with E-state index >= 15 is 0 Å². The summed E-state index contributed by atoms with van der Waals surface area (Å²) in [6.45, 7) is 4.97. The molecule has 1 N–H and O–H groups in total. The molecular formula is C14H29N3. The van der Waals surface area contributed by atoms with Crippen LogP contribution in [0.3, 0.4) is 0 Å². The minimum atomic E-state index is 0.801. The van der Waals surface area contributed by atoms with E-state index in [0.29, 0.717) is 0 Å². The van der Waals surface area contributed by atoms with Gasteiger partial charge in [-0.2, -0.15) is 0 Å². The number of hydrogen-bond donors (Lipinski definition) is 1. The van der Waals surface area contributed by atoms with Crippen LogP contribution in [-0.4, -0.2) is 62.2 Å². The summed E-state index contributed by atoms with van der Waals surface area (Å²) in [6, 6.07) is 1.63. The Morgan fingerprint density at radius 1 is 1.12 bits per heavy atom. The smallest absolute Gasteiger partial charge is 0.0223 e. The first kappa shape index (κ1) is 13.3. The maximum Gasteiger partial charge on any atom is 0.0223 e. The van der Waals surface area contributed by atoms with Crippen molar-refractivity contribution >= 4 is 0 Å². The molecule has 1 unspecified atom stereocenters. The SMILES string of the molecule is CN(C)CC1CCCN1CCNC1CCCC1. The van der Waals surface area contributed by atoms with Gasteiger partial charge in [-0.05, 0) is 46.3 Å². The van der Waals surface area contributed by atoms with Crippen molar-refractivity contribution in [2.75, 3.05) is 40.3 Å². The number of likely N-dealkylation sites (tertiary alicyclic amines) is 1. The highest BCUT2D eigenvalue weighted by Gasteiger charge is 2.24. The summed E-state index contributed by atoms with van der Waals surface area (Å²) < 4.78 is 0. The number of likely N-dealkylation sites (N-methyl/N-ethyl adjacent to an activating group) is 1. The van der Waals surface area contributed by atoms with Crippen LogP contribution in [0.4, 0.5) is 0 Å². The molecule has 1 aliphatic heterocycles. The molecule has 0 radical (unpaired) electrons. The lowest BCUT2D eigenvalue weighted by atomic mass is 10.2. The highest BCUT2D eigenvalue weighted by atomic mass is 15.2. The Bertz CT molecular complexity index is 212. The van der Waals surface area contributed by atoms with E-state index in [2.05, 4.69) is 29.2 Å². The van der Waals surface area contributed by atoms with E-state index in [1.54, 1.807) is 0 Å². The van der Waals surface area contributed by atoms with Crippen LogP contribution in [0.15, 0.2) is 0 Å². The summed E-state index contributed by atoms with van der Waals surface area (Å²) in [5, 5.41) is 3.73. The summed E-state index contributed by atoms with van der Waals surface area (Å²) in [4.78, 5) is 5.01. The van der Waals surface area contributed by atoms with Gasteiger partial charge < -0.3 is 10.2 Å². The van der Waals surface area contributed by atoms with E-state index in [-0.39, 0.29) is 0 Å². The van der Waals surface area contributed by atoms with Crippen LogP contribution in [0.1, 0.15) is 38.5 Å². The summed E-state index contributed by atoms with van der Waals surface area (Å²) in [6.07, 6.45) is 8.46. The molecule has 0 aromatic rings. The molecule has 0 aromatic carbocycles. The first-order valence-electron chi connectivity index (χ1n) is 7.38. The summed E-state index contributed by atoms with van der Waals surface area (Å²) in [5.41, 5.74) is 0. The molecule has 0 spiro atoms. The van der Waals surface area contributed by atoms with Crippen LogP contribution in [0.5, 0.6) is 0 Å². The zero-order valence-electron chi connectivity index (χ0n) is 11.6. The maximum absolute atomic E-state index is 3.73. The Labute approximate surface area is 107 Å². The first-order chi connectivity index (χ1) is 8.25. The fourth-order valence-corrected chi connectivity index (χ4v) is 3.36. The van der Waals surface area contributed by atoms with Crippen molar-refractivity contribution in [1.82, 2.24) is 15.1 Å². The molecule has 1 atom stereocenters. The van der Waals surface area contributed by atoms with Gasteiger partial charge in [0.05, 0.1) is 0 Å². The third-order valence-electron chi connectivity index (χ3n) is 4.26. The summed E-state index contributed by atoms with van der Waals surface area (Å²) in [5.74, 6) is 0. The Kier molecular flexibility index (Phi) is 5.26. The molecule has 1 aliphatic carbocycles. The van der Waals surface area contributed by atoms with Crippen molar-refractivity contribution in [2.45, 2.75) is 50.6 Å². The molecule has 1 heterocycles. The Morgan fingerprint density at radius 3 is 2.59 bits per heavy atom. The normalized spacial score (nSPS) is 27.4. The monoisotopic (exact) mass is 239 g/mol. The molecule has 2 fully saturated rings. The second-order valence-electron chi connectivity index (χ2n) is 6.03. The summed E-state index contributed by atoms with van der Waals surface area (Å²) in [7, 11) is 4.38. The Morgan fingerprint density at radius 2 is 1.88 bits per heavy atom. The molecule has 0 aromatic heterocycles. The Balaban J connectivity index is 1.63. The van der Waals surface area contributed by atoms with Crippen LogP contribution < -0.4 is 5.32 Å². The van der Waals surface area contributed by atoms with E-state index in [0.717, 1.165) is 12.1 Å². The quantitative estimate of drug-likeness (QED) is 0.758. The lowest BCUT2D eigenvalue weighted by Crippen LogP contribution is -2.42. The largest absolute Gasteiger partial charge is 0.313 e. The minimum Gasteiger partial charge on any atom is -0.313 e. The van der Waals surface area contributed by atoms with Gasteiger partial charge in [-0.25, -0.2) is 0 Å². The van der Waals surface area contributed by atoms with E-state index in [1.165, 1.54) is 64.7 Å². The van der Waals surface area contributed by atoms with Crippen LogP contribution in [0.25, 0.3) is 0 Å². The van der Waals surface area contributed by atoms with Gasteiger partial charge in [0.15, 0.2) is 0 Å². The molecule has 3 heteroatoms. The molecular weight excluding hydrogens is 210 g/mol. The van der Waals surface area contributed by atoms with Crippen LogP contribution in [-0.2, 0) is 0 Å². The zero-order valence-corrected chi connectivity index (χ0v) is 11.6. The number of rotatable bonds is 6. The van der Waals surface area contributed by atoms with Gasteiger partial charge in [-0.3, -0.25) is 4.90 Å². The van der Waals surface area contributed by atoms with E-state index in [4.69, 9.17) is 0 Å². The average Bonchev–Trinajstić information content (AvgIpc) is 2.90. The molecule has 0 bridgehead atoms. The van der Waals surface area contributed by atoms with Crippen LogP contribution in [0, 0.1) is 0 Å². The standard InChI is InChI=1S/C14H29N3/c1-16(2)12-14-8-5-10-17(14)11-9-15-13-6-3-4-7-13/h13-15H,3-12H2,1-2H3. The number of hydrogen-bond acceptors (Lipinski definition) is 3. The van der Waals surface area contributed by atoms with Crippen molar-refractivity contribution in [3.05, 3.63) is 0 Å². The molecule has 0 amide bonds. The van der Waals surface area contributed by atoms with Gasteiger partial charge in [-0.1, -0.05) is 12.8 Å². The van der Waals surface area contributed by atoms with Gasteiger partial charge in [0.25, 0.3) is 0 Å². The molecule has 2 aliphatic rings. The molecule has 100 valence electrons. The lowest BCUT2D eigenvalue weighted by molar-refractivity contribution is 0.206. The highest BCUT2D eigenvalue weighted by molar-refractivity contribution is 4.82. The second-order valence-corrected chi connectivity index (χ2v) is 6.03. The molecule has 2 rings (SSSR count). The highest BCUT2D eigenvalue weighted by Crippen LogP contribution is 2.19. The topological polar surface area (TPSA) is 18.5 Å². The van der Waals surface area contributed by atoms with E-state index in [9.17, 15) is 0 Å². The Hall–Kier alpha value is -0.120. The van der Waals surface area contributed by atoms with Crippen molar-refractivity contribution in [1.29, 1.82) is 0 Å². The molecule has 1 saturated carbocycles. The lowest BCUT2D eigenvalue weighted by Gasteiger charge is -2.27.